The number of tetrazole rings is 1. The first-order chi connectivity index (χ1) is 7.33. The molecular weight excluding hydrogens is 194 g/mol. The molecule has 0 aromatic carbocycles. The highest BCUT2D eigenvalue weighted by molar-refractivity contribution is 4.84. The van der Waals surface area contributed by atoms with Crippen LogP contribution in [0.3, 0.4) is 0 Å². The van der Waals surface area contributed by atoms with Crippen molar-refractivity contribution < 1.29 is 4.74 Å². The van der Waals surface area contributed by atoms with E-state index in [2.05, 4.69) is 22.4 Å². The first-order valence-electron chi connectivity index (χ1n) is 5.37. The van der Waals surface area contributed by atoms with Gasteiger partial charge in [0.15, 0.2) is 5.82 Å². The van der Waals surface area contributed by atoms with E-state index in [1.54, 1.807) is 0 Å². The minimum atomic E-state index is 0.308. The normalized spacial score (nSPS) is 20.4. The number of ether oxygens (including phenoxy) is 1. The zero-order valence-electron chi connectivity index (χ0n) is 8.96. The van der Waals surface area contributed by atoms with Gasteiger partial charge in [0.25, 0.3) is 0 Å². The van der Waals surface area contributed by atoms with Gasteiger partial charge in [-0.15, -0.1) is 5.10 Å². The lowest BCUT2D eigenvalue weighted by Crippen LogP contribution is -2.26. The molecule has 2 rings (SSSR count). The topological polar surface area (TPSA) is 78.8 Å². The summed E-state index contributed by atoms with van der Waals surface area (Å²) in [5.41, 5.74) is 5.57. The Bertz CT molecular complexity index is 307. The van der Waals surface area contributed by atoms with Crippen LogP contribution in [0.2, 0.25) is 0 Å². The van der Waals surface area contributed by atoms with E-state index in [4.69, 9.17) is 10.5 Å². The summed E-state index contributed by atoms with van der Waals surface area (Å²) < 4.78 is 7.18. The monoisotopic (exact) mass is 211 g/mol. The van der Waals surface area contributed by atoms with E-state index in [1.807, 2.05) is 4.68 Å². The van der Waals surface area contributed by atoms with E-state index in [-0.39, 0.29) is 0 Å². The van der Waals surface area contributed by atoms with Crippen LogP contribution in [0, 0.1) is 5.92 Å². The van der Waals surface area contributed by atoms with E-state index in [9.17, 15) is 0 Å². The lowest BCUT2D eigenvalue weighted by molar-refractivity contribution is 0.0488. The first kappa shape index (κ1) is 10.5. The summed E-state index contributed by atoms with van der Waals surface area (Å²) in [5, 5.41) is 11.6. The van der Waals surface area contributed by atoms with Crippen molar-refractivity contribution in [2.45, 2.75) is 32.4 Å². The highest BCUT2D eigenvalue weighted by Crippen LogP contribution is 2.26. The minimum absolute atomic E-state index is 0.308. The summed E-state index contributed by atoms with van der Waals surface area (Å²) in [4.78, 5) is 0. The highest BCUT2D eigenvalue weighted by Gasteiger charge is 2.24. The largest absolute Gasteiger partial charge is 0.381 e. The Hall–Kier alpha value is -1.01. The molecule has 6 nitrogen and oxygen atoms in total. The molecule has 0 spiro atoms. The molecule has 0 amide bonds. The van der Waals surface area contributed by atoms with E-state index in [1.165, 1.54) is 0 Å². The van der Waals surface area contributed by atoms with Crippen LogP contribution in [0.1, 0.15) is 31.6 Å². The molecule has 2 N–H and O–H groups in total. The average molecular weight is 211 g/mol. The van der Waals surface area contributed by atoms with Crippen LogP contribution < -0.4 is 5.73 Å². The van der Waals surface area contributed by atoms with E-state index in [0.717, 1.165) is 31.9 Å². The highest BCUT2D eigenvalue weighted by atomic mass is 16.5. The van der Waals surface area contributed by atoms with Crippen molar-refractivity contribution >= 4 is 0 Å². The Morgan fingerprint density at radius 1 is 1.53 bits per heavy atom. The Balaban J connectivity index is 2.08. The van der Waals surface area contributed by atoms with Gasteiger partial charge in [-0.05, 0) is 36.1 Å². The average Bonchev–Trinajstić information content (AvgIpc) is 2.77. The Labute approximate surface area is 88.8 Å². The number of hydrogen-bond acceptors (Lipinski definition) is 5. The van der Waals surface area contributed by atoms with Gasteiger partial charge in [-0.2, -0.15) is 0 Å². The first-order valence-corrected chi connectivity index (χ1v) is 5.37. The number of aromatic nitrogens is 4. The van der Waals surface area contributed by atoms with Crippen LogP contribution in [0.5, 0.6) is 0 Å². The Morgan fingerprint density at radius 3 is 2.93 bits per heavy atom. The van der Waals surface area contributed by atoms with E-state index >= 15 is 0 Å². The Morgan fingerprint density at radius 2 is 2.27 bits per heavy atom. The standard InChI is InChI=1S/C9H17N5O/c1-7(8-2-4-15-5-3-8)14-9(6-10)11-12-13-14/h7-8H,2-6,10H2,1H3. The van der Waals surface area contributed by atoms with Crippen molar-refractivity contribution in [2.24, 2.45) is 11.7 Å². The minimum Gasteiger partial charge on any atom is -0.381 e. The van der Waals surface area contributed by atoms with Crippen molar-refractivity contribution in [2.75, 3.05) is 13.2 Å². The molecule has 0 saturated carbocycles. The van der Waals surface area contributed by atoms with Crippen LogP contribution >= 0.6 is 0 Å². The van der Waals surface area contributed by atoms with Gasteiger partial charge in [0.05, 0.1) is 12.6 Å². The molecule has 1 aromatic heterocycles. The summed E-state index contributed by atoms with van der Waals surface area (Å²) in [6.45, 7) is 4.22. The molecule has 0 bridgehead atoms. The fraction of sp³-hybridized carbons (Fsp3) is 0.889. The summed E-state index contributed by atoms with van der Waals surface area (Å²) >= 11 is 0. The molecule has 1 aromatic rings. The molecule has 1 unspecified atom stereocenters. The smallest absolute Gasteiger partial charge is 0.165 e. The predicted molar refractivity (Wildman–Crippen MR) is 54.0 cm³/mol. The number of nitrogens with zero attached hydrogens (tertiary/aromatic N) is 4. The lowest BCUT2D eigenvalue weighted by Gasteiger charge is -2.27. The second-order valence-electron chi connectivity index (χ2n) is 3.93. The van der Waals surface area contributed by atoms with Crippen molar-refractivity contribution in [1.82, 2.24) is 20.2 Å². The van der Waals surface area contributed by atoms with Crippen molar-refractivity contribution in [3.8, 4) is 0 Å². The van der Waals surface area contributed by atoms with Crippen molar-refractivity contribution in [3.63, 3.8) is 0 Å². The SMILES string of the molecule is CC(C1CCOCC1)n1nnnc1CN. The number of rotatable bonds is 3. The van der Waals surface area contributed by atoms with Gasteiger partial charge < -0.3 is 10.5 Å². The van der Waals surface area contributed by atoms with Crippen molar-refractivity contribution in [1.29, 1.82) is 0 Å². The van der Waals surface area contributed by atoms with E-state index in [0.29, 0.717) is 18.5 Å². The van der Waals surface area contributed by atoms with Gasteiger partial charge in [0.1, 0.15) is 0 Å². The fourth-order valence-corrected chi connectivity index (χ4v) is 2.06. The number of hydrogen-bond donors (Lipinski definition) is 1. The molecule has 1 atom stereocenters. The molecule has 1 fully saturated rings. The second kappa shape index (κ2) is 4.67. The summed E-state index contributed by atoms with van der Waals surface area (Å²) in [5.74, 6) is 1.35. The van der Waals surface area contributed by atoms with Gasteiger partial charge in [0, 0.05) is 13.2 Å². The molecular formula is C9H17N5O. The quantitative estimate of drug-likeness (QED) is 0.768. The van der Waals surface area contributed by atoms with E-state index < -0.39 is 0 Å². The zero-order chi connectivity index (χ0) is 10.7. The van der Waals surface area contributed by atoms with Crippen LogP contribution in [-0.4, -0.2) is 33.4 Å². The van der Waals surface area contributed by atoms with Gasteiger partial charge in [0.2, 0.25) is 0 Å². The fourth-order valence-electron chi connectivity index (χ4n) is 2.06. The molecule has 0 radical (unpaired) electrons. The van der Waals surface area contributed by atoms with Crippen LogP contribution in [0.25, 0.3) is 0 Å². The van der Waals surface area contributed by atoms with Crippen LogP contribution in [-0.2, 0) is 11.3 Å². The molecule has 0 aliphatic carbocycles. The third-order valence-corrected chi connectivity index (χ3v) is 3.08. The molecule has 2 heterocycles. The zero-order valence-corrected chi connectivity index (χ0v) is 8.96. The maximum Gasteiger partial charge on any atom is 0.165 e. The Kier molecular flexibility index (Phi) is 3.27. The van der Waals surface area contributed by atoms with Gasteiger partial charge in [-0.25, -0.2) is 4.68 Å². The third-order valence-electron chi connectivity index (χ3n) is 3.08. The molecule has 15 heavy (non-hydrogen) atoms. The number of nitrogens with two attached hydrogens (primary N) is 1. The summed E-state index contributed by atoms with van der Waals surface area (Å²) in [6, 6.07) is 0.308. The van der Waals surface area contributed by atoms with Gasteiger partial charge in [-0.1, -0.05) is 0 Å². The second-order valence-corrected chi connectivity index (χ2v) is 3.93. The molecule has 1 aliphatic rings. The van der Waals surface area contributed by atoms with Crippen molar-refractivity contribution in [3.05, 3.63) is 5.82 Å². The van der Waals surface area contributed by atoms with Gasteiger partial charge >= 0.3 is 0 Å². The van der Waals surface area contributed by atoms with Gasteiger partial charge in [-0.3, -0.25) is 0 Å². The summed E-state index contributed by atoms with van der Waals surface area (Å²) in [7, 11) is 0. The summed E-state index contributed by atoms with van der Waals surface area (Å²) in [6.07, 6.45) is 2.15. The maximum atomic E-state index is 5.57. The third kappa shape index (κ3) is 2.15. The molecule has 1 saturated heterocycles. The lowest BCUT2D eigenvalue weighted by atomic mass is 9.93. The van der Waals surface area contributed by atoms with Crippen LogP contribution in [0.15, 0.2) is 0 Å². The molecule has 6 heteroatoms. The predicted octanol–water partition coefficient (Wildman–Crippen LogP) is 0.119. The molecule has 84 valence electrons. The molecule has 1 aliphatic heterocycles. The van der Waals surface area contributed by atoms with Crippen LogP contribution in [0.4, 0.5) is 0 Å². The maximum absolute atomic E-state index is 5.57.